The molecule has 0 aliphatic carbocycles. The van der Waals surface area contributed by atoms with Gasteiger partial charge in [-0.3, -0.25) is 0 Å². The molecule has 0 saturated carbocycles. The average molecular weight is 124 g/mol. The van der Waals surface area contributed by atoms with Crippen molar-refractivity contribution in [2.24, 2.45) is 0 Å². The molecule has 2 nitrogen and oxygen atoms in total. The zero-order chi connectivity index (χ0) is 4.12. The Morgan fingerprint density at radius 1 is 1.83 bits per heavy atom. The summed E-state index contributed by atoms with van der Waals surface area (Å²) in [4.78, 5) is 0. The molecule has 0 atom stereocenters. The van der Waals surface area contributed by atoms with Crippen LogP contribution in [-0.2, 0) is 4.12 Å². The first-order valence-electron chi connectivity index (χ1n) is 1.90. The predicted octanol–water partition coefficient (Wildman–Crippen LogP) is -2.02. The Labute approximate surface area is 43.7 Å². The normalized spacial score (nSPS) is 9.50. The summed E-state index contributed by atoms with van der Waals surface area (Å²) in [5.41, 5.74) is 0. The van der Waals surface area contributed by atoms with Crippen LogP contribution in [0.3, 0.4) is 0 Å². The summed E-state index contributed by atoms with van der Waals surface area (Å²) in [6.45, 7) is 2.17. The SMILES string of the molecule is CC[SiH2]O[SiH3].O. The van der Waals surface area contributed by atoms with Crippen molar-refractivity contribution >= 4 is 20.2 Å². The molecular formula is C2H12O2Si2. The fraction of sp³-hybridized carbons (Fsp3) is 1.00. The van der Waals surface area contributed by atoms with Gasteiger partial charge in [0, 0.05) is 0 Å². The van der Waals surface area contributed by atoms with E-state index < -0.39 is 0 Å². The molecular weight excluding hydrogens is 112 g/mol. The van der Waals surface area contributed by atoms with Gasteiger partial charge >= 0.3 is 0 Å². The van der Waals surface area contributed by atoms with Crippen molar-refractivity contribution < 1.29 is 9.59 Å². The van der Waals surface area contributed by atoms with Crippen LogP contribution in [0.15, 0.2) is 0 Å². The molecule has 0 spiro atoms. The van der Waals surface area contributed by atoms with E-state index in [4.69, 9.17) is 4.12 Å². The average Bonchev–Trinajstić information content (AvgIpc) is 1.41. The first-order chi connectivity index (χ1) is 2.41. The second-order valence-corrected chi connectivity index (χ2v) is 4.71. The maximum atomic E-state index is 4.97. The fourth-order valence-electron chi connectivity index (χ4n) is 0.204. The maximum absolute atomic E-state index is 4.97. The lowest BCUT2D eigenvalue weighted by molar-refractivity contribution is 0.663. The lowest BCUT2D eigenvalue weighted by atomic mass is 11.0. The van der Waals surface area contributed by atoms with Crippen LogP contribution in [0.5, 0.6) is 0 Å². The number of rotatable bonds is 2. The molecule has 4 heteroatoms. The Kier molecular flexibility index (Phi) is 14.4. The van der Waals surface area contributed by atoms with E-state index in [1.165, 1.54) is 6.04 Å². The van der Waals surface area contributed by atoms with Crippen molar-refractivity contribution in [1.29, 1.82) is 0 Å². The molecule has 0 aromatic rings. The summed E-state index contributed by atoms with van der Waals surface area (Å²) in [5, 5.41) is 0. The Hall–Kier alpha value is 0.354. The molecule has 0 aliphatic rings. The minimum atomic E-state index is -0.00617. The smallest absolute Gasteiger partial charge is 0.145 e. The van der Waals surface area contributed by atoms with Gasteiger partial charge in [-0.25, -0.2) is 0 Å². The fourth-order valence-corrected chi connectivity index (χ4v) is 1.84. The highest BCUT2D eigenvalue weighted by Crippen LogP contribution is 1.67. The summed E-state index contributed by atoms with van der Waals surface area (Å²) >= 11 is 0. The van der Waals surface area contributed by atoms with Gasteiger partial charge in [0.1, 0.15) is 20.2 Å². The predicted molar refractivity (Wildman–Crippen MR) is 33.7 cm³/mol. The number of hydrogen-bond donors (Lipinski definition) is 0. The Balaban J connectivity index is 0. The van der Waals surface area contributed by atoms with Crippen LogP contribution in [0.1, 0.15) is 6.92 Å². The van der Waals surface area contributed by atoms with Crippen LogP contribution in [0, 0.1) is 0 Å². The van der Waals surface area contributed by atoms with Crippen LogP contribution in [-0.4, -0.2) is 25.7 Å². The Bertz CT molecular complexity index is 17.0. The van der Waals surface area contributed by atoms with Crippen molar-refractivity contribution in [3.63, 3.8) is 0 Å². The first-order valence-corrected chi connectivity index (χ1v) is 4.30. The van der Waals surface area contributed by atoms with Gasteiger partial charge in [0.25, 0.3) is 0 Å². The van der Waals surface area contributed by atoms with Crippen molar-refractivity contribution in [3.05, 3.63) is 0 Å². The zero-order valence-electron chi connectivity index (χ0n) is 4.32. The van der Waals surface area contributed by atoms with E-state index >= 15 is 0 Å². The Morgan fingerprint density at radius 3 is 2.33 bits per heavy atom. The van der Waals surface area contributed by atoms with Gasteiger partial charge in [-0.05, 0) is 6.04 Å². The molecule has 0 aromatic carbocycles. The van der Waals surface area contributed by atoms with Crippen molar-refractivity contribution in [2.45, 2.75) is 13.0 Å². The van der Waals surface area contributed by atoms with Crippen LogP contribution < -0.4 is 0 Å². The van der Waals surface area contributed by atoms with E-state index in [1.54, 1.807) is 0 Å². The molecule has 0 unspecified atom stereocenters. The molecule has 0 fully saturated rings. The van der Waals surface area contributed by atoms with Crippen LogP contribution in [0.2, 0.25) is 6.04 Å². The summed E-state index contributed by atoms with van der Waals surface area (Å²) in [6, 6.07) is 1.30. The molecule has 0 radical (unpaired) electrons. The van der Waals surface area contributed by atoms with Gasteiger partial charge in [0.2, 0.25) is 0 Å². The third-order valence-electron chi connectivity index (χ3n) is 0.408. The van der Waals surface area contributed by atoms with Gasteiger partial charge in [-0.15, -0.1) is 0 Å². The highest BCUT2D eigenvalue weighted by molar-refractivity contribution is 6.33. The molecule has 0 amide bonds. The van der Waals surface area contributed by atoms with E-state index in [9.17, 15) is 0 Å². The summed E-state index contributed by atoms with van der Waals surface area (Å²) in [6.07, 6.45) is 0. The zero-order valence-corrected chi connectivity index (χ0v) is 7.74. The lowest BCUT2D eigenvalue weighted by Crippen LogP contribution is -1.88. The van der Waals surface area contributed by atoms with E-state index in [-0.39, 0.29) is 15.2 Å². The lowest BCUT2D eigenvalue weighted by Gasteiger charge is -1.83. The van der Waals surface area contributed by atoms with Crippen molar-refractivity contribution in [2.75, 3.05) is 0 Å². The third kappa shape index (κ3) is 8.84. The van der Waals surface area contributed by atoms with Gasteiger partial charge in [-0.2, -0.15) is 0 Å². The maximum Gasteiger partial charge on any atom is 0.145 e. The monoisotopic (exact) mass is 124 g/mol. The van der Waals surface area contributed by atoms with E-state index in [2.05, 4.69) is 6.92 Å². The van der Waals surface area contributed by atoms with Crippen LogP contribution >= 0.6 is 0 Å². The van der Waals surface area contributed by atoms with E-state index in [0.29, 0.717) is 0 Å². The van der Waals surface area contributed by atoms with Gasteiger partial charge in [-0.1, -0.05) is 6.92 Å². The van der Waals surface area contributed by atoms with Gasteiger partial charge in [0.05, 0.1) is 0 Å². The largest absolute Gasteiger partial charge is 0.468 e. The van der Waals surface area contributed by atoms with Crippen LogP contribution in [0.25, 0.3) is 0 Å². The molecule has 0 aromatic heterocycles. The minimum Gasteiger partial charge on any atom is -0.468 e. The first kappa shape index (κ1) is 9.61. The molecule has 0 rings (SSSR count). The van der Waals surface area contributed by atoms with Gasteiger partial charge < -0.3 is 9.59 Å². The van der Waals surface area contributed by atoms with Crippen molar-refractivity contribution in [1.82, 2.24) is 0 Å². The van der Waals surface area contributed by atoms with E-state index in [1.807, 2.05) is 0 Å². The minimum absolute atomic E-state index is 0. The number of hydrogen-bond acceptors (Lipinski definition) is 1. The highest BCUT2D eigenvalue weighted by atomic mass is 28.3. The summed E-state index contributed by atoms with van der Waals surface area (Å²) in [7, 11) is 0.954. The third-order valence-corrected chi connectivity index (χ3v) is 2.45. The second kappa shape index (κ2) is 9.02. The molecule has 40 valence electrons. The molecule has 2 N–H and O–H groups in total. The van der Waals surface area contributed by atoms with Gasteiger partial charge in [0.15, 0.2) is 0 Å². The molecule has 0 heterocycles. The molecule has 6 heavy (non-hydrogen) atoms. The van der Waals surface area contributed by atoms with Crippen LogP contribution in [0.4, 0.5) is 0 Å². The summed E-state index contributed by atoms with van der Waals surface area (Å²) < 4.78 is 4.97. The van der Waals surface area contributed by atoms with Crippen molar-refractivity contribution in [3.8, 4) is 0 Å². The highest BCUT2D eigenvalue weighted by Gasteiger charge is 1.68. The summed E-state index contributed by atoms with van der Waals surface area (Å²) in [5.74, 6) is 0. The molecule has 0 aliphatic heterocycles. The quantitative estimate of drug-likeness (QED) is 0.392. The Morgan fingerprint density at radius 2 is 2.33 bits per heavy atom. The van der Waals surface area contributed by atoms with E-state index in [0.717, 1.165) is 10.5 Å². The standard InChI is InChI=1S/C2H10OSi2.H2O/c1-2-5-3-4;/h2,5H2,1,4H3;1H2. The molecule has 0 bridgehead atoms. The molecule has 0 saturated heterocycles. The topological polar surface area (TPSA) is 40.7 Å². The second-order valence-electron chi connectivity index (χ2n) is 0.993.